The Morgan fingerprint density at radius 2 is 1.96 bits per heavy atom. The van der Waals surface area contributed by atoms with Gasteiger partial charge in [0.05, 0.1) is 28.9 Å². The fourth-order valence-corrected chi connectivity index (χ4v) is 3.80. The van der Waals surface area contributed by atoms with Gasteiger partial charge in [-0.1, -0.05) is 6.42 Å². The van der Waals surface area contributed by atoms with Crippen LogP contribution in [0.3, 0.4) is 0 Å². The van der Waals surface area contributed by atoms with Gasteiger partial charge in [0.1, 0.15) is 17.9 Å². The van der Waals surface area contributed by atoms with Crippen molar-refractivity contribution in [3.05, 3.63) is 47.8 Å². The fourth-order valence-electron chi connectivity index (χ4n) is 3.80. The number of hydrogen-bond acceptors (Lipinski definition) is 6. The number of ether oxygens (including phenoxy) is 1. The molecule has 3 aromatic rings. The van der Waals surface area contributed by atoms with Crippen LogP contribution in [0.4, 0.5) is 17.2 Å². The Hall–Kier alpha value is -3.33. The number of benzene rings is 2. The van der Waals surface area contributed by atoms with Crippen LogP contribution in [0.15, 0.2) is 36.7 Å². The van der Waals surface area contributed by atoms with Crippen LogP contribution in [0.25, 0.3) is 10.9 Å². The Morgan fingerprint density at radius 3 is 2.75 bits per heavy atom. The lowest BCUT2D eigenvalue weighted by Crippen LogP contribution is -2.20. The monoisotopic (exact) mass is 373 g/mol. The Morgan fingerprint density at radius 1 is 1.14 bits per heavy atom. The van der Waals surface area contributed by atoms with E-state index in [-0.39, 0.29) is 6.10 Å². The third kappa shape index (κ3) is 3.70. The molecule has 0 atom stereocenters. The van der Waals surface area contributed by atoms with E-state index in [2.05, 4.69) is 21.4 Å². The SMILES string of the molecule is Cc1cc(N)cc2ncnc(Nc3ccc(C#N)cc3OC3CCCCC3)c12. The van der Waals surface area contributed by atoms with Crippen molar-refractivity contribution in [1.82, 2.24) is 9.97 Å². The van der Waals surface area contributed by atoms with E-state index in [0.717, 1.165) is 35.0 Å². The predicted molar refractivity (Wildman–Crippen MR) is 111 cm³/mol. The van der Waals surface area contributed by atoms with Crippen LogP contribution in [0.5, 0.6) is 5.75 Å². The van der Waals surface area contributed by atoms with E-state index in [4.69, 9.17) is 10.5 Å². The second kappa shape index (κ2) is 7.73. The number of nitrogens with zero attached hydrogens (tertiary/aromatic N) is 3. The fraction of sp³-hybridized carbons (Fsp3) is 0.318. The lowest BCUT2D eigenvalue weighted by molar-refractivity contribution is 0.156. The van der Waals surface area contributed by atoms with E-state index in [9.17, 15) is 5.26 Å². The van der Waals surface area contributed by atoms with E-state index in [1.807, 2.05) is 25.1 Å². The molecule has 1 saturated carbocycles. The maximum atomic E-state index is 9.29. The minimum Gasteiger partial charge on any atom is -0.488 e. The highest BCUT2D eigenvalue weighted by molar-refractivity contribution is 5.95. The number of nitrogens with one attached hydrogen (secondary N) is 1. The number of fused-ring (bicyclic) bond motifs is 1. The van der Waals surface area contributed by atoms with Crippen LogP contribution in [0.1, 0.15) is 43.2 Å². The first kappa shape index (κ1) is 18.1. The second-order valence-electron chi connectivity index (χ2n) is 7.28. The predicted octanol–water partition coefficient (Wildman–Crippen LogP) is 4.85. The lowest BCUT2D eigenvalue weighted by Gasteiger charge is -2.24. The summed E-state index contributed by atoms with van der Waals surface area (Å²) in [4.78, 5) is 8.78. The highest BCUT2D eigenvalue weighted by Crippen LogP contribution is 2.34. The van der Waals surface area contributed by atoms with Crippen molar-refractivity contribution in [3.63, 3.8) is 0 Å². The second-order valence-corrected chi connectivity index (χ2v) is 7.28. The van der Waals surface area contributed by atoms with Crippen LogP contribution >= 0.6 is 0 Å². The van der Waals surface area contributed by atoms with Gasteiger partial charge in [0.15, 0.2) is 0 Å². The molecular weight excluding hydrogens is 350 g/mol. The van der Waals surface area contributed by atoms with E-state index in [1.165, 1.54) is 25.6 Å². The van der Waals surface area contributed by atoms with Crippen molar-refractivity contribution in [3.8, 4) is 11.8 Å². The first-order valence-electron chi connectivity index (χ1n) is 9.62. The summed E-state index contributed by atoms with van der Waals surface area (Å²) in [5.41, 5.74) is 9.79. The van der Waals surface area contributed by atoms with Crippen LogP contribution in [0.2, 0.25) is 0 Å². The summed E-state index contributed by atoms with van der Waals surface area (Å²) >= 11 is 0. The molecule has 4 rings (SSSR count). The maximum Gasteiger partial charge on any atom is 0.144 e. The number of nitrogen functional groups attached to an aromatic ring is 1. The third-order valence-corrected chi connectivity index (χ3v) is 5.17. The summed E-state index contributed by atoms with van der Waals surface area (Å²) in [7, 11) is 0. The molecule has 1 fully saturated rings. The molecule has 1 aliphatic carbocycles. The molecule has 0 radical (unpaired) electrons. The Kier molecular flexibility index (Phi) is 4.98. The van der Waals surface area contributed by atoms with Gasteiger partial charge in [-0.25, -0.2) is 9.97 Å². The number of rotatable bonds is 4. The lowest BCUT2D eigenvalue weighted by atomic mass is 9.98. The molecule has 0 bridgehead atoms. The van der Waals surface area contributed by atoms with Crippen LogP contribution < -0.4 is 15.8 Å². The molecular formula is C22H23N5O. The Bertz CT molecular complexity index is 1050. The Labute approximate surface area is 164 Å². The van der Waals surface area contributed by atoms with Gasteiger partial charge in [0.2, 0.25) is 0 Å². The van der Waals surface area contributed by atoms with Crippen LogP contribution in [-0.4, -0.2) is 16.1 Å². The van der Waals surface area contributed by atoms with E-state index < -0.39 is 0 Å². The molecule has 1 heterocycles. The van der Waals surface area contributed by atoms with Gasteiger partial charge < -0.3 is 15.8 Å². The third-order valence-electron chi connectivity index (χ3n) is 5.17. The van der Waals surface area contributed by atoms with Gasteiger partial charge >= 0.3 is 0 Å². The smallest absolute Gasteiger partial charge is 0.144 e. The highest BCUT2D eigenvalue weighted by atomic mass is 16.5. The van der Waals surface area contributed by atoms with Crippen molar-refractivity contribution < 1.29 is 4.74 Å². The number of aryl methyl sites for hydroxylation is 1. The average molecular weight is 373 g/mol. The number of nitriles is 1. The molecule has 142 valence electrons. The molecule has 2 aromatic carbocycles. The summed E-state index contributed by atoms with van der Waals surface area (Å²) in [5.74, 6) is 1.38. The van der Waals surface area contributed by atoms with Crippen molar-refractivity contribution in [2.45, 2.75) is 45.1 Å². The van der Waals surface area contributed by atoms with E-state index in [0.29, 0.717) is 22.8 Å². The summed E-state index contributed by atoms with van der Waals surface area (Å²) in [6.45, 7) is 1.99. The zero-order valence-corrected chi connectivity index (χ0v) is 15.9. The van der Waals surface area contributed by atoms with E-state index >= 15 is 0 Å². The average Bonchev–Trinajstić information content (AvgIpc) is 2.69. The molecule has 1 aliphatic rings. The molecule has 28 heavy (non-hydrogen) atoms. The maximum absolute atomic E-state index is 9.29. The quantitative estimate of drug-likeness (QED) is 0.635. The zero-order valence-electron chi connectivity index (χ0n) is 15.9. The van der Waals surface area contributed by atoms with Crippen LogP contribution in [-0.2, 0) is 0 Å². The molecule has 3 N–H and O–H groups in total. The van der Waals surface area contributed by atoms with Crippen molar-refractivity contribution in [2.24, 2.45) is 0 Å². The normalized spacial score (nSPS) is 14.6. The van der Waals surface area contributed by atoms with Crippen LogP contribution in [0, 0.1) is 18.3 Å². The number of aromatic nitrogens is 2. The van der Waals surface area contributed by atoms with E-state index in [1.54, 1.807) is 12.1 Å². The number of hydrogen-bond donors (Lipinski definition) is 2. The first-order valence-corrected chi connectivity index (χ1v) is 9.62. The van der Waals surface area contributed by atoms with Crippen molar-refractivity contribution in [2.75, 3.05) is 11.1 Å². The summed E-state index contributed by atoms with van der Waals surface area (Å²) in [6, 6.07) is 11.4. The molecule has 0 amide bonds. The number of anilines is 3. The molecule has 0 aliphatic heterocycles. The van der Waals surface area contributed by atoms with Crippen molar-refractivity contribution >= 4 is 28.1 Å². The van der Waals surface area contributed by atoms with Gasteiger partial charge in [0.25, 0.3) is 0 Å². The standard InChI is InChI=1S/C22H23N5O/c1-14-9-16(24)11-19-21(14)22(26-13-25-19)27-18-8-7-15(12-23)10-20(18)28-17-5-3-2-4-6-17/h7-11,13,17H,2-6,24H2,1H3,(H,25,26,27). The molecule has 6 heteroatoms. The minimum absolute atomic E-state index is 0.187. The van der Waals surface area contributed by atoms with Gasteiger partial charge in [-0.15, -0.1) is 0 Å². The summed E-state index contributed by atoms with van der Waals surface area (Å²) in [6.07, 6.45) is 7.43. The minimum atomic E-state index is 0.187. The zero-order chi connectivity index (χ0) is 19.5. The largest absolute Gasteiger partial charge is 0.488 e. The number of nitrogens with two attached hydrogens (primary N) is 1. The topological polar surface area (TPSA) is 96.9 Å². The first-order chi connectivity index (χ1) is 13.6. The molecule has 6 nitrogen and oxygen atoms in total. The van der Waals surface area contributed by atoms with Gasteiger partial charge in [-0.2, -0.15) is 5.26 Å². The molecule has 0 unspecified atom stereocenters. The van der Waals surface area contributed by atoms with Crippen molar-refractivity contribution in [1.29, 1.82) is 5.26 Å². The summed E-state index contributed by atoms with van der Waals surface area (Å²) < 4.78 is 6.29. The van der Waals surface area contributed by atoms with Gasteiger partial charge in [0, 0.05) is 17.1 Å². The van der Waals surface area contributed by atoms with Gasteiger partial charge in [-0.05, 0) is 62.4 Å². The van der Waals surface area contributed by atoms with Gasteiger partial charge in [-0.3, -0.25) is 0 Å². The highest BCUT2D eigenvalue weighted by Gasteiger charge is 2.18. The summed E-state index contributed by atoms with van der Waals surface area (Å²) in [5, 5.41) is 13.6. The Balaban J connectivity index is 1.72. The molecule has 0 saturated heterocycles. The molecule has 0 spiro atoms. The molecule has 1 aromatic heterocycles.